The quantitative estimate of drug-likeness (QED) is 0.602. The molecule has 1 N–H and O–H groups in total. The average molecular weight is 416 g/mol. The summed E-state index contributed by atoms with van der Waals surface area (Å²) in [5.41, 5.74) is 2.92. The molecule has 1 aromatic carbocycles. The van der Waals surface area contributed by atoms with Gasteiger partial charge in [-0.05, 0) is 17.0 Å². The van der Waals surface area contributed by atoms with Crippen molar-refractivity contribution in [2.24, 2.45) is 0 Å². The van der Waals surface area contributed by atoms with Crippen molar-refractivity contribution in [1.82, 2.24) is 14.7 Å². The molecule has 0 saturated carbocycles. The first kappa shape index (κ1) is 21.3. The fourth-order valence-corrected chi connectivity index (χ4v) is 3.38. The summed E-state index contributed by atoms with van der Waals surface area (Å²) in [7, 11) is 0. The van der Waals surface area contributed by atoms with Crippen LogP contribution in [-0.2, 0) is 15.0 Å². The predicted octanol–water partition coefficient (Wildman–Crippen LogP) is 1.98. The number of Topliss-reactive ketones (excluding diaryl/α,β-unsaturated/α-hetero) is 1. The minimum absolute atomic E-state index is 0. The zero-order valence-electron chi connectivity index (χ0n) is 17.2. The maximum Gasteiger partial charge on any atom is 0.227 e. The summed E-state index contributed by atoms with van der Waals surface area (Å²) in [6, 6.07) is 7.46. The van der Waals surface area contributed by atoms with Gasteiger partial charge in [0.25, 0.3) is 0 Å². The highest BCUT2D eigenvalue weighted by Crippen LogP contribution is 2.34. The van der Waals surface area contributed by atoms with Crippen LogP contribution in [0, 0.1) is 0 Å². The second-order valence-electron chi connectivity index (χ2n) is 8.65. The van der Waals surface area contributed by atoms with Crippen LogP contribution in [0.2, 0.25) is 0 Å². The minimum atomic E-state index is 0. The first-order valence-electron chi connectivity index (χ1n) is 9.85. The molecular weight excluding hydrogens is 386 g/mol. The number of aromatic hydroxyl groups is 1. The van der Waals surface area contributed by atoms with Crippen molar-refractivity contribution in [3.8, 4) is 5.75 Å². The van der Waals surface area contributed by atoms with E-state index in [0.29, 0.717) is 22.8 Å². The van der Waals surface area contributed by atoms with Crippen molar-refractivity contribution in [2.75, 3.05) is 39.3 Å². The number of hydrogen-bond acceptors (Lipinski definition) is 6. The lowest BCUT2D eigenvalue weighted by Crippen LogP contribution is -2.29. The molecule has 29 heavy (non-hydrogen) atoms. The van der Waals surface area contributed by atoms with Gasteiger partial charge in [-0.2, -0.15) is 13.5 Å². The zero-order valence-corrected chi connectivity index (χ0v) is 18.2. The van der Waals surface area contributed by atoms with E-state index in [4.69, 9.17) is 0 Å². The van der Waals surface area contributed by atoms with Crippen molar-refractivity contribution in [2.45, 2.75) is 26.2 Å². The molecule has 4 aliphatic rings. The number of nitrogens with zero attached hydrogens (tertiary/aromatic N) is 3. The van der Waals surface area contributed by atoms with Crippen LogP contribution in [0.4, 0.5) is 0 Å². The summed E-state index contributed by atoms with van der Waals surface area (Å²) in [6.07, 6.45) is 1.52. The van der Waals surface area contributed by atoms with Crippen molar-refractivity contribution in [3.05, 3.63) is 53.0 Å². The van der Waals surface area contributed by atoms with E-state index in [9.17, 15) is 14.7 Å². The molecule has 3 aliphatic heterocycles. The van der Waals surface area contributed by atoms with Crippen LogP contribution in [0.3, 0.4) is 0 Å². The lowest BCUT2D eigenvalue weighted by atomic mass is 9.86. The second-order valence-corrected chi connectivity index (χ2v) is 8.65. The van der Waals surface area contributed by atoms with Crippen LogP contribution in [0.1, 0.15) is 26.3 Å². The zero-order chi connectivity index (χ0) is 20.1. The number of phenols is 1. The molecule has 0 unspecified atom stereocenters. The topological polar surface area (TPSA) is 63.4 Å². The van der Waals surface area contributed by atoms with E-state index in [1.54, 1.807) is 6.07 Å². The number of hydrogen-bond donors (Lipinski definition) is 1. The molecule has 0 radical (unpaired) electrons. The Balaban J connectivity index is 0.000000177. The molecule has 156 valence electrons. The highest BCUT2D eigenvalue weighted by Gasteiger charge is 2.43. The van der Waals surface area contributed by atoms with Gasteiger partial charge in [0.05, 0.1) is 5.70 Å². The van der Waals surface area contributed by atoms with Crippen molar-refractivity contribution in [1.29, 1.82) is 0 Å². The Labute approximate surface area is 178 Å². The molecule has 0 spiro atoms. The molecule has 0 bridgehead atoms. The summed E-state index contributed by atoms with van der Waals surface area (Å²) in [5.74, 6) is 0.437. The number of carbonyl (C=O) groups is 2. The first-order valence-corrected chi connectivity index (χ1v) is 9.85. The molecule has 0 atom stereocenters. The molecule has 0 aromatic heterocycles. The molecule has 1 aliphatic carbocycles. The Morgan fingerprint density at radius 3 is 1.79 bits per heavy atom. The Morgan fingerprint density at radius 2 is 1.34 bits per heavy atom. The third-order valence-corrected chi connectivity index (χ3v) is 5.20. The van der Waals surface area contributed by atoms with Gasteiger partial charge in [-0.25, -0.2) is 0 Å². The molecule has 3 saturated heterocycles. The van der Waals surface area contributed by atoms with Gasteiger partial charge in [0.2, 0.25) is 11.6 Å². The highest BCUT2D eigenvalue weighted by molar-refractivity contribution is 7.59. The second kappa shape index (κ2) is 7.78. The Hall–Kier alpha value is -2.41. The fraction of sp³-hybridized carbons (Fsp3) is 0.455. The van der Waals surface area contributed by atoms with E-state index in [1.807, 2.05) is 32.9 Å². The summed E-state index contributed by atoms with van der Waals surface area (Å²) in [6.45, 7) is 11.7. The monoisotopic (exact) mass is 415 g/mol. The van der Waals surface area contributed by atoms with Crippen LogP contribution in [-0.4, -0.2) is 70.6 Å². The molecule has 7 heteroatoms. The van der Waals surface area contributed by atoms with Crippen molar-refractivity contribution >= 4 is 25.1 Å². The maximum atomic E-state index is 12.4. The summed E-state index contributed by atoms with van der Waals surface area (Å²) in [4.78, 5) is 30.5. The van der Waals surface area contributed by atoms with E-state index in [-0.39, 0.29) is 30.5 Å². The van der Waals surface area contributed by atoms with Crippen molar-refractivity contribution in [3.63, 3.8) is 0 Å². The van der Waals surface area contributed by atoms with Gasteiger partial charge in [0, 0.05) is 45.3 Å². The largest absolute Gasteiger partial charge is 0.508 e. The Morgan fingerprint density at radius 1 is 0.828 bits per heavy atom. The summed E-state index contributed by atoms with van der Waals surface area (Å²) >= 11 is 0. The number of ketones is 2. The van der Waals surface area contributed by atoms with Gasteiger partial charge in [-0.3, -0.25) is 9.59 Å². The number of allylic oxidation sites excluding steroid dienone is 1. The standard InChI is InChI=1S/C12H13N3O2.C10H14O.H2S/c16-9-7-8(13-1-2-13)12(17)11(15-5-6-15)10(9)14-3-4-14;1-10(2,3)8-6-4-5-7-9(8)11;/h7H,1-6H2;4-7,11H,1-3H3;1H2. The molecule has 5 rings (SSSR count). The van der Waals surface area contributed by atoms with E-state index >= 15 is 0 Å². The molecule has 6 nitrogen and oxygen atoms in total. The third-order valence-electron chi connectivity index (χ3n) is 5.20. The minimum Gasteiger partial charge on any atom is -0.508 e. The first-order chi connectivity index (χ1) is 13.3. The summed E-state index contributed by atoms with van der Waals surface area (Å²) in [5, 5.41) is 9.45. The van der Waals surface area contributed by atoms with Gasteiger partial charge < -0.3 is 19.8 Å². The molecule has 3 heterocycles. The van der Waals surface area contributed by atoms with Gasteiger partial charge in [-0.15, -0.1) is 0 Å². The van der Waals surface area contributed by atoms with E-state index < -0.39 is 0 Å². The van der Waals surface area contributed by atoms with Crippen LogP contribution >= 0.6 is 13.5 Å². The Kier molecular flexibility index (Phi) is 5.72. The van der Waals surface area contributed by atoms with Crippen LogP contribution in [0.15, 0.2) is 47.4 Å². The highest BCUT2D eigenvalue weighted by atomic mass is 32.1. The normalized spacial score (nSPS) is 20.0. The number of carbonyl (C=O) groups excluding carboxylic acids is 2. The Bertz CT molecular complexity index is 889. The van der Waals surface area contributed by atoms with Gasteiger partial charge in [-0.1, -0.05) is 39.0 Å². The predicted molar refractivity (Wildman–Crippen MR) is 117 cm³/mol. The van der Waals surface area contributed by atoms with E-state index in [1.165, 1.54) is 6.08 Å². The van der Waals surface area contributed by atoms with Crippen LogP contribution < -0.4 is 0 Å². The van der Waals surface area contributed by atoms with Crippen molar-refractivity contribution < 1.29 is 14.7 Å². The van der Waals surface area contributed by atoms with Crippen LogP contribution in [0.25, 0.3) is 0 Å². The van der Waals surface area contributed by atoms with Gasteiger partial charge in [0.1, 0.15) is 17.1 Å². The number of rotatable bonds is 3. The lowest BCUT2D eigenvalue weighted by Gasteiger charge is -2.21. The van der Waals surface area contributed by atoms with E-state index in [2.05, 4.69) is 20.8 Å². The van der Waals surface area contributed by atoms with Crippen LogP contribution in [0.5, 0.6) is 5.75 Å². The molecule has 3 fully saturated rings. The number of phenolic OH excluding ortho intramolecular Hbond substituents is 1. The average Bonchev–Trinajstić information content (AvgIpc) is 3.45. The van der Waals surface area contributed by atoms with E-state index in [0.717, 1.165) is 44.8 Å². The number of benzene rings is 1. The molecular formula is C22H29N3O3S. The van der Waals surface area contributed by atoms with Gasteiger partial charge >= 0.3 is 0 Å². The molecule has 0 amide bonds. The van der Waals surface area contributed by atoms with Gasteiger partial charge in [0.15, 0.2) is 0 Å². The smallest absolute Gasteiger partial charge is 0.227 e. The molecule has 1 aromatic rings. The fourth-order valence-electron chi connectivity index (χ4n) is 3.38. The third kappa shape index (κ3) is 4.61. The SMILES string of the molecule is CC(C)(C)c1ccccc1O.O=C1C=C(N2CC2)C(=O)C(N2CC2)=C1N1CC1.S. The lowest BCUT2D eigenvalue weighted by molar-refractivity contribution is -0.117. The summed E-state index contributed by atoms with van der Waals surface area (Å²) < 4.78 is 0. The maximum absolute atomic E-state index is 12.4. The number of para-hydroxylation sites is 1.